The average Bonchev–Trinajstić information content (AvgIpc) is 2.81. The fraction of sp³-hybridized carbons (Fsp3) is 0.346. The molecule has 0 amide bonds. The van der Waals surface area contributed by atoms with Crippen LogP contribution in [0.25, 0.3) is 0 Å². The van der Waals surface area contributed by atoms with Crippen LogP contribution in [0.4, 0.5) is 0 Å². The molecule has 2 aromatic carbocycles. The molecule has 6 heteroatoms. The maximum Gasteiger partial charge on any atom is 0.338 e. The molecule has 2 aromatic rings. The first-order valence-corrected chi connectivity index (χ1v) is 10.7. The van der Waals surface area contributed by atoms with E-state index in [0.29, 0.717) is 24.4 Å². The number of aliphatic hydroxyl groups excluding tert-OH is 1. The van der Waals surface area contributed by atoms with Crippen molar-refractivity contribution in [1.29, 1.82) is 0 Å². The predicted molar refractivity (Wildman–Crippen MR) is 123 cm³/mol. The first kappa shape index (κ1) is 23.4. The Bertz CT molecular complexity index is 1030. The number of methoxy groups -OCH3 is 3. The van der Waals surface area contributed by atoms with E-state index in [1.165, 1.54) is 17.6 Å². The SMILES string of the molecule is C=C(O)C=C(CC)C1Cc2ccc(OC)c(OC)c2C[NH+]1Cc1ccccc1C(=O)OC. The van der Waals surface area contributed by atoms with Crippen LogP contribution in [0.5, 0.6) is 11.5 Å². The minimum absolute atomic E-state index is 0.0502. The first-order valence-electron chi connectivity index (χ1n) is 10.7. The molecule has 0 bridgehead atoms. The Kier molecular flexibility index (Phi) is 7.59. The molecule has 32 heavy (non-hydrogen) atoms. The molecule has 2 atom stereocenters. The lowest BCUT2D eigenvalue weighted by Gasteiger charge is -2.36. The summed E-state index contributed by atoms with van der Waals surface area (Å²) < 4.78 is 16.2. The minimum Gasteiger partial charge on any atom is -0.509 e. The smallest absolute Gasteiger partial charge is 0.338 e. The van der Waals surface area contributed by atoms with Gasteiger partial charge in [-0.2, -0.15) is 0 Å². The highest BCUT2D eigenvalue weighted by Crippen LogP contribution is 2.35. The van der Waals surface area contributed by atoms with E-state index in [0.717, 1.165) is 35.3 Å². The van der Waals surface area contributed by atoms with Gasteiger partial charge < -0.3 is 24.2 Å². The Labute approximate surface area is 189 Å². The third-order valence-electron chi connectivity index (χ3n) is 6.11. The molecule has 0 aromatic heterocycles. The number of quaternary nitrogens is 1. The molecule has 2 unspecified atom stereocenters. The molecule has 0 fully saturated rings. The van der Waals surface area contributed by atoms with Crippen LogP contribution in [-0.4, -0.2) is 38.4 Å². The van der Waals surface area contributed by atoms with Gasteiger partial charge in [-0.25, -0.2) is 4.79 Å². The van der Waals surface area contributed by atoms with Gasteiger partial charge in [0.15, 0.2) is 11.5 Å². The third kappa shape index (κ3) is 4.81. The number of hydrogen-bond acceptors (Lipinski definition) is 5. The van der Waals surface area contributed by atoms with Crippen LogP contribution in [-0.2, 0) is 24.2 Å². The van der Waals surface area contributed by atoms with Crippen molar-refractivity contribution in [2.75, 3.05) is 21.3 Å². The number of esters is 1. The van der Waals surface area contributed by atoms with Gasteiger partial charge in [0.05, 0.1) is 32.5 Å². The highest BCUT2D eigenvalue weighted by atomic mass is 16.5. The van der Waals surface area contributed by atoms with Crippen molar-refractivity contribution in [1.82, 2.24) is 0 Å². The van der Waals surface area contributed by atoms with E-state index in [2.05, 4.69) is 19.6 Å². The van der Waals surface area contributed by atoms with Crippen molar-refractivity contribution in [2.24, 2.45) is 0 Å². The second-order valence-electron chi connectivity index (χ2n) is 7.92. The van der Waals surface area contributed by atoms with E-state index >= 15 is 0 Å². The van der Waals surface area contributed by atoms with Gasteiger partial charge in [0.2, 0.25) is 0 Å². The van der Waals surface area contributed by atoms with Gasteiger partial charge in [-0.1, -0.05) is 37.8 Å². The Balaban J connectivity index is 2.09. The summed E-state index contributed by atoms with van der Waals surface area (Å²) in [6.07, 6.45) is 3.33. The number of hydrogen-bond donors (Lipinski definition) is 2. The van der Waals surface area contributed by atoms with Crippen molar-refractivity contribution in [3.8, 4) is 11.5 Å². The van der Waals surface area contributed by atoms with Crippen LogP contribution in [0.15, 0.2) is 60.4 Å². The summed E-state index contributed by atoms with van der Waals surface area (Å²) in [5.74, 6) is 1.15. The molecule has 3 rings (SSSR count). The van der Waals surface area contributed by atoms with E-state index in [-0.39, 0.29) is 17.8 Å². The zero-order valence-electron chi connectivity index (χ0n) is 19.2. The van der Waals surface area contributed by atoms with Gasteiger partial charge in [0, 0.05) is 12.0 Å². The maximum atomic E-state index is 12.4. The van der Waals surface area contributed by atoms with E-state index in [4.69, 9.17) is 14.2 Å². The van der Waals surface area contributed by atoms with Crippen molar-refractivity contribution < 1.29 is 29.0 Å². The number of carbonyl (C=O) groups is 1. The lowest BCUT2D eigenvalue weighted by atomic mass is 9.87. The molecule has 6 nitrogen and oxygen atoms in total. The number of allylic oxidation sites excluding steroid dienone is 1. The highest BCUT2D eigenvalue weighted by Gasteiger charge is 2.35. The van der Waals surface area contributed by atoms with Crippen LogP contribution >= 0.6 is 0 Å². The lowest BCUT2D eigenvalue weighted by Crippen LogP contribution is -3.14. The number of ether oxygens (including phenoxy) is 3. The molecule has 2 N–H and O–H groups in total. The molecular weight excluding hydrogens is 406 g/mol. The van der Waals surface area contributed by atoms with Gasteiger partial charge in [0.1, 0.15) is 24.9 Å². The summed E-state index contributed by atoms with van der Waals surface area (Å²) in [7, 11) is 4.69. The van der Waals surface area contributed by atoms with Crippen LogP contribution in [0, 0.1) is 0 Å². The summed E-state index contributed by atoms with van der Waals surface area (Å²) in [6, 6.07) is 11.7. The summed E-state index contributed by atoms with van der Waals surface area (Å²) >= 11 is 0. The molecular formula is C26H32NO5+. The molecule has 1 aliphatic heterocycles. The van der Waals surface area contributed by atoms with Gasteiger partial charge in [-0.05, 0) is 35.8 Å². The largest absolute Gasteiger partial charge is 0.509 e. The predicted octanol–water partition coefficient (Wildman–Crippen LogP) is 3.41. The Morgan fingerprint density at radius 3 is 2.56 bits per heavy atom. The summed E-state index contributed by atoms with van der Waals surface area (Å²) in [5, 5.41) is 9.88. The highest BCUT2D eigenvalue weighted by molar-refractivity contribution is 5.90. The van der Waals surface area contributed by atoms with E-state index in [1.807, 2.05) is 24.3 Å². The molecule has 0 radical (unpaired) electrons. The zero-order valence-corrected chi connectivity index (χ0v) is 19.2. The van der Waals surface area contributed by atoms with Crippen molar-refractivity contribution in [3.05, 3.63) is 82.6 Å². The zero-order chi connectivity index (χ0) is 23.3. The number of benzene rings is 2. The third-order valence-corrected chi connectivity index (χ3v) is 6.11. The summed E-state index contributed by atoms with van der Waals surface area (Å²) in [6.45, 7) is 7.05. The maximum absolute atomic E-state index is 12.4. The fourth-order valence-corrected chi connectivity index (χ4v) is 4.60. The topological polar surface area (TPSA) is 69.4 Å². The number of rotatable bonds is 8. The Hall–Kier alpha value is -3.25. The van der Waals surface area contributed by atoms with E-state index < -0.39 is 0 Å². The number of carbonyl (C=O) groups excluding carboxylic acids is 1. The van der Waals surface area contributed by atoms with Crippen molar-refractivity contribution in [3.63, 3.8) is 0 Å². The normalized spacial score (nSPS) is 17.9. The fourth-order valence-electron chi connectivity index (χ4n) is 4.60. The minimum atomic E-state index is -0.344. The summed E-state index contributed by atoms with van der Waals surface area (Å²) in [4.78, 5) is 13.6. The van der Waals surface area contributed by atoms with E-state index in [1.54, 1.807) is 26.4 Å². The van der Waals surface area contributed by atoms with Gasteiger partial charge in [-0.3, -0.25) is 0 Å². The Morgan fingerprint density at radius 2 is 1.94 bits per heavy atom. The first-order chi connectivity index (χ1) is 15.4. The molecule has 0 saturated heterocycles. The average molecular weight is 439 g/mol. The molecule has 0 saturated carbocycles. The van der Waals surface area contributed by atoms with Gasteiger partial charge >= 0.3 is 5.97 Å². The van der Waals surface area contributed by atoms with Gasteiger partial charge in [0.25, 0.3) is 0 Å². The van der Waals surface area contributed by atoms with Crippen LogP contribution in [0.3, 0.4) is 0 Å². The molecule has 0 aliphatic carbocycles. The van der Waals surface area contributed by atoms with Crippen LogP contribution < -0.4 is 14.4 Å². The number of aliphatic hydroxyl groups is 1. The molecule has 1 aliphatic rings. The van der Waals surface area contributed by atoms with Gasteiger partial charge in [-0.15, -0.1) is 0 Å². The van der Waals surface area contributed by atoms with E-state index in [9.17, 15) is 9.90 Å². The summed E-state index contributed by atoms with van der Waals surface area (Å²) in [5.41, 5.74) is 4.90. The standard InChI is InChI=1S/C26H31NO5/c1-6-18(13-17(2)28)23-14-19-11-12-24(30-3)25(31-4)22(19)16-27(23)15-20-9-7-8-10-21(20)26(29)32-5/h7-13,23,28H,2,6,14-16H2,1,3-5H3/p+1. The molecule has 1 heterocycles. The monoisotopic (exact) mass is 438 g/mol. The van der Waals surface area contributed by atoms with Crippen LogP contribution in [0.2, 0.25) is 0 Å². The second-order valence-corrected chi connectivity index (χ2v) is 7.92. The second kappa shape index (κ2) is 10.4. The van der Waals surface area contributed by atoms with Crippen LogP contribution in [0.1, 0.15) is 40.4 Å². The number of nitrogens with one attached hydrogen (secondary N) is 1. The van der Waals surface area contributed by atoms with Crippen molar-refractivity contribution >= 4 is 5.97 Å². The lowest BCUT2D eigenvalue weighted by molar-refractivity contribution is -0.949. The molecule has 0 spiro atoms. The quantitative estimate of drug-likeness (QED) is 0.376. The van der Waals surface area contributed by atoms with Crippen molar-refractivity contribution in [2.45, 2.75) is 38.9 Å². The number of fused-ring (bicyclic) bond motifs is 1. The molecule has 170 valence electrons. The Morgan fingerprint density at radius 1 is 1.19 bits per heavy atom.